The molecule has 1 aromatic carbocycles. The second kappa shape index (κ2) is 9.24. The quantitative estimate of drug-likeness (QED) is 0.654. The van der Waals surface area contributed by atoms with E-state index in [1.54, 1.807) is 17.1 Å². The van der Waals surface area contributed by atoms with Crippen LogP contribution in [0, 0.1) is 5.41 Å². The predicted molar refractivity (Wildman–Crippen MR) is 131 cm³/mol. The molecule has 1 amide bonds. The summed E-state index contributed by atoms with van der Waals surface area (Å²) in [7, 11) is -1.40. The summed E-state index contributed by atoms with van der Waals surface area (Å²) in [4.78, 5) is 20.3. The number of anilines is 1. The highest BCUT2D eigenvalue weighted by Gasteiger charge is 2.38. The van der Waals surface area contributed by atoms with E-state index >= 15 is 0 Å². The van der Waals surface area contributed by atoms with Crippen LogP contribution in [0.15, 0.2) is 46.2 Å². The number of piperazine rings is 1. The molecule has 0 N–H and O–H groups in total. The van der Waals surface area contributed by atoms with Gasteiger partial charge in [-0.25, -0.2) is 8.42 Å². The van der Waals surface area contributed by atoms with E-state index in [0.717, 1.165) is 37.4 Å². The van der Waals surface area contributed by atoms with Crippen LogP contribution in [0.1, 0.15) is 26.3 Å². The van der Waals surface area contributed by atoms with Gasteiger partial charge in [0.15, 0.2) is 0 Å². The number of carbonyl (C=O) groups is 1. The Morgan fingerprint density at radius 1 is 1.03 bits per heavy atom. The molecule has 0 bridgehead atoms. The first-order valence-corrected chi connectivity index (χ1v) is 13.1. The van der Waals surface area contributed by atoms with Gasteiger partial charge in [-0.3, -0.25) is 4.79 Å². The highest BCUT2D eigenvalue weighted by molar-refractivity contribution is 7.99. The van der Waals surface area contributed by atoms with Gasteiger partial charge in [0.1, 0.15) is 6.10 Å². The highest BCUT2D eigenvalue weighted by Crippen LogP contribution is 2.38. The van der Waals surface area contributed by atoms with Gasteiger partial charge in [-0.15, -0.1) is 0 Å². The van der Waals surface area contributed by atoms with E-state index in [9.17, 15) is 13.2 Å². The lowest BCUT2D eigenvalue weighted by Gasteiger charge is -2.36. The molecule has 7 nitrogen and oxygen atoms in total. The molecule has 4 rings (SSSR count). The number of benzene rings is 1. The molecule has 3 heterocycles. The number of sulfone groups is 1. The molecule has 1 atom stereocenters. The number of morpholine rings is 1. The van der Waals surface area contributed by atoms with Crippen molar-refractivity contribution < 1.29 is 17.9 Å². The van der Waals surface area contributed by atoms with E-state index in [0.29, 0.717) is 29.4 Å². The van der Waals surface area contributed by atoms with Crippen molar-refractivity contribution in [2.45, 2.75) is 33.3 Å². The van der Waals surface area contributed by atoms with E-state index in [-0.39, 0.29) is 12.5 Å². The van der Waals surface area contributed by atoms with Crippen LogP contribution in [0.4, 0.5) is 5.69 Å². The Morgan fingerprint density at radius 2 is 1.73 bits per heavy atom. The van der Waals surface area contributed by atoms with Crippen molar-refractivity contribution in [2.24, 2.45) is 5.41 Å². The normalized spacial score (nSPS) is 24.1. The Labute approximate surface area is 197 Å². The zero-order valence-corrected chi connectivity index (χ0v) is 20.9. The third-order valence-electron chi connectivity index (χ3n) is 6.65. The summed E-state index contributed by atoms with van der Waals surface area (Å²) in [6.07, 6.45) is 3.21. The van der Waals surface area contributed by atoms with Crippen LogP contribution < -0.4 is 4.90 Å². The molecule has 0 radical (unpaired) electrons. The summed E-state index contributed by atoms with van der Waals surface area (Å²) in [5, 5.41) is 0. The van der Waals surface area contributed by atoms with Crippen molar-refractivity contribution in [2.75, 3.05) is 57.8 Å². The minimum absolute atomic E-state index is 0.0945. The molecule has 0 saturated carbocycles. The van der Waals surface area contributed by atoms with Crippen molar-refractivity contribution in [3.05, 3.63) is 51.8 Å². The molecular weight excluding hydrogens is 438 g/mol. The van der Waals surface area contributed by atoms with Crippen LogP contribution in [0.2, 0.25) is 0 Å². The lowest BCUT2D eigenvalue weighted by atomic mass is 9.96. The Kier molecular flexibility index (Phi) is 6.71. The molecule has 3 aliphatic rings. The molecule has 0 aliphatic carbocycles. The van der Waals surface area contributed by atoms with Crippen molar-refractivity contribution >= 4 is 21.4 Å². The number of hydrogen-bond acceptors (Lipinski definition) is 6. The summed E-state index contributed by atoms with van der Waals surface area (Å²) >= 11 is 0. The molecule has 1 unspecified atom stereocenters. The van der Waals surface area contributed by atoms with E-state index in [4.69, 9.17) is 4.74 Å². The topological polar surface area (TPSA) is 70.2 Å². The predicted octanol–water partition coefficient (Wildman–Crippen LogP) is 2.45. The summed E-state index contributed by atoms with van der Waals surface area (Å²) in [5.41, 5.74) is 1.77. The van der Waals surface area contributed by atoms with Crippen LogP contribution in [0.3, 0.4) is 0 Å². The second-order valence-electron chi connectivity index (χ2n) is 10.2. The van der Waals surface area contributed by atoms with Crippen LogP contribution >= 0.6 is 0 Å². The number of likely N-dealkylation sites (N-methyl/N-ethyl adjacent to an activating group) is 1. The summed E-state index contributed by atoms with van der Waals surface area (Å²) in [6, 6.07) is 8.20. The van der Waals surface area contributed by atoms with Gasteiger partial charge >= 0.3 is 0 Å². The number of para-hydroxylation sites is 1. The van der Waals surface area contributed by atoms with Gasteiger partial charge in [-0.2, -0.15) is 0 Å². The third kappa shape index (κ3) is 5.03. The molecular formula is C25H35N3O4S. The minimum Gasteiger partial charge on any atom is -0.369 e. The number of carbonyl (C=O) groups excluding carboxylic acids is 1. The smallest absolute Gasteiger partial charge is 0.252 e. The van der Waals surface area contributed by atoms with Crippen molar-refractivity contribution in [1.82, 2.24) is 9.80 Å². The molecule has 180 valence electrons. The second-order valence-corrected chi connectivity index (χ2v) is 12.1. The minimum atomic E-state index is -3.53. The van der Waals surface area contributed by atoms with E-state index in [2.05, 4.69) is 29.0 Å². The molecule has 0 aromatic heterocycles. The number of hydrogen-bond donors (Lipinski definition) is 0. The fourth-order valence-corrected chi connectivity index (χ4v) is 6.61. The van der Waals surface area contributed by atoms with Gasteiger partial charge in [0, 0.05) is 44.8 Å². The average molecular weight is 474 g/mol. The SMILES string of the molecule is CN1CCN(c2ccccc2CC2OCCN(CC3=CC=C(C(C)(C)C)S3(=O)=O)C2=O)CC1. The molecule has 0 spiro atoms. The fraction of sp³-hybridized carbons (Fsp3) is 0.560. The lowest BCUT2D eigenvalue weighted by Crippen LogP contribution is -2.49. The monoisotopic (exact) mass is 473 g/mol. The fourth-order valence-electron chi connectivity index (χ4n) is 4.70. The molecule has 1 aromatic rings. The van der Waals surface area contributed by atoms with Crippen LogP contribution in [0.25, 0.3) is 0 Å². The van der Waals surface area contributed by atoms with E-state index in [1.807, 2.05) is 32.9 Å². The Hall–Kier alpha value is -2.16. The lowest BCUT2D eigenvalue weighted by molar-refractivity contribution is -0.151. The summed E-state index contributed by atoms with van der Waals surface area (Å²) in [6.45, 7) is 10.5. The van der Waals surface area contributed by atoms with Crippen molar-refractivity contribution in [3.63, 3.8) is 0 Å². The first-order chi connectivity index (χ1) is 15.6. The number of rotatable bonds is 5. The van der Waals surface area contributed by atoms with Crippen LogP contribution in [-0.4, -0.2) is 83.2 Å². The van der Waals surface area contributed by atoms with Gasteiger partial charge in [0.05, 0.1) is 23.0 Å². The molecule has 8 heteroatoms. The highest BCUT2D eigenvalue weighted by atomic mass is 32.2. The van der Waals surface area contributed by atoms with Crippen molar-refractivity contribution in [1.29, 1.82) is 0 Å². The van der Waals surface area contributed by atoms with Gasteiger partial charge < -0.3 is 19.4 Å². The van der Waals surface area contributed by atoms with Crippen LogP contribution in [-0.2, 0) is 25.8 Å². The average Bonchev–Trinajstić information content (AvgIpc) is 3.06. The van der Waals surface area contributed by atoms with Gasteiger partial charge in [0.25, 0.3) is 5.91 Å². The van der Waals surface area contributed by atoms with Gasteiger partial charge in [-0.05, 0) is 36.2 Å². The van der Waals surface area contributed by atoms with Crippen molar-refractivity contribution in [3.8, 4) is 0 Å². The largest absolute Gasteiger partial charge is 0.369 e. The summed E-state index contributed by atoms with van der Waals surface area (Å²) < 4.78 is 31.9. The van der Waals surface area contributed by atoms with Gasteiger partial charge in [-0.1, -0.05) is 39.0 Å². The number of allylic oxidation sites excluding steroid dienone is 3. The van der Waals surface area contributed by atoms with E-state index in [1.165, 1.54) is 0 Å². The first-order valence-electron chi connectivity index (χ1n) is 11.7. The number of ether oxygens (including phenoxy) is 1. The first kappa shape index (κ1) is 24.0. The van der Waals surface area contributed by atoms with E-state index < -0.39 is 21.4 Å². The standard InChI is InChI=1S/C25H35N3O4S/c1-25(2,3)23-10-9-20(33(23,30)31)18-28-15-16-32-22(24(28)29)17-19-7-5-6-8-21(19)27-13-11-26(4)12-14-27/h5-10,22H,11-18H2,1-4H3. The molecule has 3 aliphatic heterocycles. The molecule has 2 fully saturated rings. The zero-order chi connectivity index (χ0) is 23.8. The maximum Gasteiger partial charge on any atom is 0.252 e. The maximum absolute atomic E-state index is 13.3. The Balaban J connectivity index is 1.46. The summed E-state index contributed by atoms with van der Waals surface area (Å²) in [5.74, 6) is -0.144. The maximum atomic E-state index is 13.3. The molecule has 33 heavy (non-hydrogen) atoms. The zero-order valence-electron chi connectivity index (χ0n) is 20.1. The number of amides is 1. The molecule has 2 saturated heterocycles. The van der Waals surface area contributed by atoms with Crippen LogP contribution in [0.5, 0.6) is 0 Å². The third-order valence-corrected chi connectivity index (χ3v) is 8.93. The Morgan fingerprint density at radius 3 is 2.39 bits per heavy atom. The Bertz CT molecular complexity index is 1060. The number of nitrogens with zero attached hydrogens (tertiary/aromatic N) is 3. The van der Waals surface area contributed by atoms with Gasteiger partial charge in [0.2, 0.25) is 9.84 Å².